The molecule has 0 amide bonds. The first kappa shape index (κ1) is 11.8. The smallest absolute Gasteiger partial charge is 0.393 e. The van der Waals surface area contributed by atoms with Gasteiger partial charge in [0, 0.05) is 18.3 Å². The highest BCUT2D eigenvalue weighted by atomic mass is 19.4. The molecule has 3 unspecified atom stereocenters. The fraction of sp³-hybridized carbons (Fsp3) is 0.538. The molecule has 1 aliphatic carbocycles. The van der Waals surface area contributed by atoms with Crippen LogP contribution in [-0.2, 0) is 6.18 Å². The second kappa shape index (κ2) is 3.88. The molecule has 18 heavy (non-hydrogen) atoms. The third kappa shape index (κ3) is 1.86. The highest BCUT2D eigenvalue weighted by Gasteiger charge is 2.46. The number of hydrogen-bond donors (Lipinski definition) is 1. The first-order valence-corrected chi connectivity index (χ1v) is 6.07. The molecule has 1 aromatic carbocycles. The Morgan fingerprint density at radius 2 is 2.00 bits per heavy atom. The molecule has 2 fully saturated rings. The van der Waals surface area contributed by atoms with Crippen molar-refractivity contribution in [1.29, 1.82) is 0 Å². The number of alkyl halides is 3. The van der Waals surface area contributed by atoms with Crippen LogP contribution < -0.4 is 4.90 Å². The van der Waals surface area contributed by atoms with Crippen LogP contribution in [0.4, 0.5) is 18.9 Å². The molecule has 0 aromatic heterocycles. The zero-order valence-electron chi connectivity index (χ0n) is 9.69. The van der Waals surface area contributed by atoms with Crippen molar-refractivity contribution in [3.05, 3.63) is 29.8 Å². The van der Waals surface area contributed by atoms with Crippen molar-refractivity contribution in [2.24, 2.45) is 5.92 Å². The molecule has 3 rings (SSSR count). The van der Waals surface area contributed by atoms with Gasteiger partial charge in [0.25, 0.3) is 0 Å². The fourth-order valence-electron chi connectivity index (χ4n) is 3.06. The van der Waals surface area contributed by atoms with Crippen LogP contribution in [0, 0.1) is 5.92 Å². The van der Waals surface area contributed by atoms with E-state index in [4.69, 9.17) is 0 Å². The molecule has 3 atom stereocenters. The lowest BCUT2D eigenvalue weighted by molar-refractivity contribution is -0.137. The molecule has 0 bridgehead atoms. The Labute approximate surface area is 103 Å². The number of rotatable bonds is 1. The van der Waals surface area contributed by atoms with Crippen molar-refractivity contribution < 1.29 is 18.3 Å². The molecule has 1 N–H and O–H groups in total. The minimum absolute atomic E-state index is 0.212. The summed E-state index contributed by atoms with van der Waals surface area (Å²) in [6.45, 7) is 0.753. The fourth-order valence-corrected chi connectivity index (χ4v) is 3.06. The molecule has 1 saturated heterocycles. The average molecular weight is 257 g/mol. The van der Waals surface area contributed by atoms with E-state index in [-0.39, 0.29) is 12.1 Å². The first-order chi connectivity index (χ1) is 8.45. The van der Waals surface area contributed by atoms with Crippen molar-refractivity contribution >= 4 is 5.69 Å². The van der Waals surface area contributed by atoms with Crippen molar-refractivity contribution in [3.63, 3.8) is 0 Å². The van der Waals surface area contributed by atoms with Gasteiger partial charge in [-0.15, -0.1) is 0 Å². The van der Waals surface area contributed by atoms with E-state index < -0.39 is 11.7 Å². The third-order valence-electron chi connectivity index (χ3n) is 3.97. The van der Waals surface area contributed by atoms with Crippen molar-refractivity contribution in [2.45, 2.75) is 31.2 Å². The van der Waals surface area contributed by atoms with E-state index in [2.05, 4.69) is 0 Å². The van der Waals surface area contributed by atoms with Gasteiger partial charge in [-0.3, -0.25) is 0 Å². The Kier molecular flexibility index (Phi) is 2.55. The number of aliphatic hydroxyl groups is 1. The van der Waals surface area contributed by atoms with E-state index >= 15 is 0 Å². The van der Waals surface area contributed by atoms with Crippen LogP contribution in [0.5, 0.6) is 0 Å². The lowest BCUT2D eigenvalue weighted by Crippen LogP contribution is -2.53. The zero-order chi connectivity index (χ0) is 12.9. The van der Waals surface area contributed by atoms with E-state index in [1.54, 1.807) is 6.07 Å². The van der Waals surface area contributed by atoms with Gasteiger partial charge < -0.3 is 10.0 Å². The minimum Gasteiger partial charge on any atom is -0.393 e. The van der Waals surface area contributed by atoms with E-state index in [0.717, 1.165) is 19.0 Å². The summed E-state index contributed by atoms with van der Waals surface area (Å²) in [5.41, 5.74) is 0.00201. The Bertz CT molecular complexity index is 460. The Morgan fingerprint density at radius 1 is 1.22 bits per heavy atom. The summed E-state index contributed by atoms with van der Waals surface area (Å²) < 4.78 is 37.9. The summed E-state index contributed by atoms with van der Waals surface area (Å²) in [6, 6.07) is 5.64. The second-order valence-electron chi connectivity index (χ2n) is 5.15. The molecule has 0 spiro atoms. The van der Waals surface area contributed by atoms with Crippen LogP contribution in [0.15, 0.2) is 24.3 Å². The first-order valence-electron chi connectivity index (χ1n) is 6.07. The van der Waals surface area contributed by atoms with Crippen molar-refractivity contribution in [2.75, 3.05) is 11.4 Å². The quantitative estimate of drug-likeness (QED) is 0.836. The normalized spacial score (nSPS) is 31.1. The third-order valence-corrected chi connectivity index (χ3v) is 3.97. The minimum atomic E-state index is -4.30. The van der Waals surface area contributed by atoms with E-state index in [9.17, 15) is 18.3 Å². The molecule has 1 aliphatic heterocycles. The van der Waals surface area contributed by atoms with Gasteiger partial charge in [-0.05, 0) is 37.0 Å². The van der Waals surface area contributed by atoms with Gasteiger partial charge in [0.1, 0.15) is 0 Å². The predicted molar refractivity (Wildman–Crippen MR) is 61.3 cm³/mol. The van der Waals surface area contributed by atoms with E-state index in [1.165, 1.54) is 12.1 Å². The van der Waals surface area contributed by atoms with Crippen molar-refractivity contribution in [1.82, 2.24) is 0 Å². The standard InChI is InChI=1S/C13H14F3NO/c14-13(15,16)9-2-1-3-10(5-9)17-7-8-4-11(18)6-12(8)17/h1-3,5,8,11-12,18H,4,6-7H2. The molecule has 2 nitrogen and oxygen atoms in total. The summed E-state index contributed by atoms with van der Waals surface area (Å²) in [4.78, 5) is 1.97. The van der Waals surface area contributed by atoms with Crippen LogP contribution in [0.25, 0.3) is 0 Å². The van der Waals surface area contributed by atoms with Gasteiger partial charge in [-0.2, -0.15) is 13.2 Å². The number of aliphatic hydroxyl groups excluding tert-OH is 1. The topological polar surface area (TPSA) is 23.5 Å². The maximum Gasteiger partial charge on any atom is 0.416 e. The van der Waals surface area contributed by atoms with Gasteiger partial charge >= 0.3 is 6.18 Å². The van der Waals surface area contributed by atoms with E-state index in [1.807, 2.05) is 4.90 Å². The number of benzene rings is 1. The summed E-state index contributed by atoms with van der Waals surface area (Å²) in [7, 11) is 0. The molecule has 1 heterocycles. The predicted octanol–water partition coefficient (Wildman–Crippen LogP) is 2.66. The molecule has 1 aromatic rings. The molecule has 2 aliphatic rings. The van der Waals surface area contributed by atoms with Crippen LogP contribution >= 0.6 is 0 Å². The van der Waals surface area contributed by atoms with Crippen LogP contribution in [0.1, 0.15) is 18.4 Å². The van der Waals surface area contributed by atoms with Gasteiger partial charge in [0.2, 0.25) is 0 Å². The lowest BCUT2D eigenvalue weighted by Gasteiger charge is -2.46. The molecule has 0 radical (unpaired) electrons. The number of halogens is 3. The summed E-state index contributed by atoms with van der Waals surface area (Å²) in [6.07, 6.45) is -3.15. The number of fused-ring (bicyclic) bond motifs is 1. The maximum atomic E-state index is 12.6. The summed E-state index contributed by atoms with van der Waals surface area (Å²) in [5, 5.41) is 9.55. The van der Waals surface area contributed by atoms with Gasteiger partial charge in [0.05, 0.1) is 11.7 Å². The van der Waals surface area contributed by atoms with Crippen molar-refractivity contribution in [3.8, 4) is 0 Å². The molecule has 5 heteroatoms. The van der Waals surface area contributed by atoms with Gasteiger partial charge in [0.15, 0.2) is 0 Å². The van der Waals surface area contributed by atoms with Gasteiger partial charge in [-0.1, -0.05) is 6.07 Å². The SMILES string of the molecule is OC1CC2CN(c3cccc(C(F)(F)F)c3)C2C1. The Hall–Kier alpha value is -1.23. The van der Waals surface area contributed by atoms with Gasteiger partial charge in [-0.25, -0.2) is 0 Å². The zero-order valence-corrected chi connectivity index (χ0v) is 9.69. The summed E-state index contributed by atoms with van der Waals surface area (Å²) in [5.74, 6) is 0.439. The molecule has 1 saturated carbocycles. The highest BCUT2D eigenvalue weighted by molar-refractivity contribution is 5.53. The molecule has 98 valence electrons. The lowest BCUT2D eigenvalue weighted by atomic mass is 9.91. The number of nitrogens with zero attached hydrogens (tertiary/aromatic N) is 1. The second-order valence-corrected chi connectivity index (χ2v) is 5.15. The monoisotopic (exact) mass is 257 g/mol. The highest BCUT2D eigenvalue weighted by Crippen LogP contribution is 2.43. The molecular formula is C13H14F3NO. The Morgan fingerprint density at radius 3 is 2.67 bits per heavy atom. The van der Waals surface area contributed by atoms with Crippen LogP contribution in [-0.4, -0.2) is 23.8 Å². The van der Waals surface area contributed by atoms with Crippen LogP contribution in [0.2, 0.25) is 0 Å². The molecular weight excluding hydrogens is 243 g/mol. The summed E-state index contributed by atoms with van der Waals surface area (Å²) >= 11 is 0. The largest absolute Gasteiger partial charge is 0.416 e. The van der Waals surface area contributed by atoms with E-state index in [0.29, 0.717) is 18.0 Å². The average Bonchev–Trinajstić information content (AvgIpc) is 2.56. The number of hydrogen-bond acceptors (Lipinski definition) is 2. The Balaban J connectivity index is 1.82. The van der Waals surface area contributed by atoms with Crippen LogP contribution in [0.3, 0.4) is 0 Å². The maximum absolute atomic E-state index is 12.6. The number of anilines is 1.